The number of benzene rings is 1. The fourth-order valence-electron chi connectivity index (χ4n) is 5.08. The van der Waals surface area contributed by atoms with E-state index in [0.29, 0.717) is 11.8 Å². The minimum atomic E-state index is 0.339. The number of carbonyl (C=O) groups is 1. The van der Waals surface area contributed by atoms with Crippen LogP contribution in [0.1, 0.15) is 75.8 Å². The minimum Gasteiger partial charge on any atom is -0.493 e. The summed E-state index contributed by atoms with van der Waals surface area (Å²) < 4.78 is 12.1. The van der Waals surface area contributed by atoms with Crippen molar-refractivity contribution in [1.29, 1.82) is 0 Å². The van der Waals surface area contributed by atoms with Gasteiger partial charge in [0, 0.05) is 5.92 Å². The van der Waals surface area contributed by atoms with Crippen molar-refractivity contribution in [3.63, 3.8) is 0 Å². The summed E-state index contributed by atoms with van der Waals surface area (Å²) in [6.07, 6.45) is 12.2. The number of rotatable bonds is 8. The van der Waals surface area contributed by atoms with Gasteiger partial charge >= 0.3 is 0 Å². The number of aldehydes is 1. The van der Waals surface area contributed by atoms with Crippen molar-refractivity contribution in [2.45, 2.75) is 78.6 Å². The Labute approximate surface area is 171 Å². The molecule has 0 N–H and O–H groups in total. The van der Waals surface area contributed by atoms with Crippen LogP contribution in [0.2, 0.25) is 0 Å². The van der Waals surface area contributed by atoms with Crippen molar-refractivity contribution in [3.8, 4) is 11.5 Å². The molecule has 2 aliphatic rings. The molecule has 156 valence electrons. The molecule has 0 amide bonds. The second-order valence-corrected chi connectivity index (χ2v) is 9.06. The van der Waals surface area contributed by atoms with Crippen molar-refractivity contribution >= 4 is 6.29 Å². The highest BCUT2D eigenvalue weighted by Crippen LogP contribution is 2.41. The minimum absolute atomic E-state index is 0.339. The molecule has 28 heavy (non-hydrogen) atoms. The zero-order chi connectivity index (χ0) is 19.9. The first-order valence-electron chi connectivity index (χ1n) is 11.4. The van der Waals surface area contributed by atoms with Gasteiger partial charge in [0.25, 0.3) is 0 Å². The highest BCUT2D eigenvalue weighted by atomic mass is 16.5. The predicted octanol–water partition coefficient (Wildman–Crippen LogP) is 6.28. The maximum absolute atomic E-state index is 11.0. The fourth-order valence-corrected chi connectivity index (χ4v) is 5.08. The number of hydrogen-bond donors (Lipinski definition) is 0. The normalized spacial score (nSPS) is 28.0. The van der Waals surface area contributed by atoms with Gasteiger partial charge in [0.2, 0.25) is 0 Å². The Balaban J connectivity index is 1.44. The van der Waals surface area contributed by atoms with Crippen molar-refractivity contribution in [2.24, 2.45) is 23.7 Å². The van der Waals surface area contributed by atoms with Crippen LogP contribution in [0.3, 0.4) is 0 Å². The van der Waals surface area contributed by atoms with Crippen molar-refractivity contribution < 1.29 is 14.3 Å². The van der Waals surface area contributed by atoms with E-state index in [2.05, 4.69) is 32.9 Å². The molecule has 1 aromatic carbocycles. The van der Waals surface area contributed by atoms with Gasteiger partial charge < -0.3 is 14.3 Å². The Morgan fingerprint density at radius 2 is 1.39 bits per heavy atom. The maximum atomic E-state index is 11.0. The summed E-state index contributed by atoms with van der Waals surface area (Å²) in [6, 6.07) is 4.13. The van der Waals surface area contributed by atoms with E-state index in [0.717, 1.165) is 55.8 Å². The van der Waals surface area contributed by atoms with E-state index in [1.807, 2.05) is 0 Å². The van der Waals surface area contributed by atoms with E-state index >= 15 is 0 Å². The lowest BCUT2D eigenvalue weighted by Crippen LogP contribution is -2.27. The summed E-state index contributed by atoms with van der Waals surface area (Å²) in [6.45, 7) is 7.99. The second kappa shape index (κ2) is 10.3. The largest absolute Gasteiger partial charge is 0.493 e. The van der Waals surface area contributed by atoms with Gasteiger partial charge in [0.1, 0.15) is 17.8 Å². The average Bonchev–Trinajstić information content (AvgIpc) is 2.74. The molecular weight excluding hydrogens is 348 g/mol. The zero-order valence-corrected chi connectivity index (χ0v) is 18.0. The van der Waals surface area contributed by atoms with Gasteiger partial charge in [-0.15, -0.1) is 0 Å². The molecule has 1 aromatic rings. The van der Waals surface area contributed by atoms with Crippen LogP contribution in [0.4, 0.5) is 0 Å². The molecule has 0 unspecified atom stereocenters. The third-order valence-corrected chi connectivity index (χ3v) is 7.19. The van der Waals surface area contributed by atoms with Crippen molar-refractivity contribution in [2.75, 3.05) is 13.2 Å². The SMILES string of the molecule is CCCOc1ccc(OCC2CCC(C3CCC(C=O)CC3)CC2)c(C)c1C. The monoisotopic (exact) mass is 386 g/mol. The third kappa shape index (κ3) is 5.30. The molecule has 0 radical (unpaired) electrons. The topological polar surface area (TPSA) is 35.5 Å². The smallest absolute Gasteiger partial charge is 0.123 e. The third-order valence-electron chi connectivity index (χ3n) is 7.19. The molecule has 0 aromatic heterocycles. The van der Waals surface area contributed by atoms with E-state index in [9.17, 15) is 4.79 Å². The first-order chi connectivity index (χ1) is 13.6. The Morgan fingerprint density at radius 3 is 1.93 bits per heavy atom. The molecule has 0 heterocycles. The molecule has 0 saturated heterocycles. The van der Waals surface area contributed by atoms with Crippen LogP contribution in [0.15, 0.2) is 12.1 Å². The van der Waals surface area contributed by atoms with E-state index in [-0.39, 0.29) is 0 Å². The molecule has 2 aliphatic carbocycles. The van der Waals surface area contributed by atoms with Gasteiger partial charge in [-0.3, -0.25) is 0 Å². The van der Waals surface area contributed by atoms with Crippen molar-refractivity contribution in [1.82, 2.24) is 0 Å². The standard InChI is InChI=1S/C25H38O3/c1-4-15-27-24-13-14-25(19(3)18(24)2)28-17-21-7-11-23(12-8-21)22-9-5-20(16-26)6-10-22/h13-14,16,20-23H,4-12,15,17H2,1-3H3. The highest BCUT2D eigenvalue weighted by molar-refractivity contribution is 5.53. The van der Waals surface area contributed by atoms with Crippen LogP contribution in [-0.4, -0.2) is 19.5 Å². The summed E-state index contributed by atoms with van der Waals surface area (Å²) in [5.74, 6) is 4.75. The van der Waals surface area contributed by atoms with Gasteiger partial charge in [-0.25, -0.2) is 0 Å². The number of hydrogen-bond acceptors (Lipinski definition) is 3. The van der Waals surface area contributed by atoms with E-state index in [1.54, 1.807) is 0 Å². The molecule has 0 bridgehead atoms. The summed E-state index contributed by atoms with van der Waals surface area (Å²) in [4.78, 5) is 11.0. The van der Waals surface area contributed by atoms with Gasteiger partial charge in [-0.1, -0.05) is 6.92 Å². The molecule has 3 nitrogen and oxygen atoms in total. The Morgan fingerprint density at radius 1 is 0.857 bits per heavy atom. The molecule has 0 spiro atoms. The molecule has 0 aliphatic heterocycles. The van der Waals surface area contributed by atoms with Gasteiger partial charge in [-0.2, -0.15) is 0 Å². The average molecular weight is 387 g/mol. The van der Waals surface area contributed by atoms with Gasteiger partial charge in [0.05, 0.1) is 13.2 Å². The van der Waals surface area contributed by atoms with E-state index in [1.165, 1.54) is 55.9 Å². The van der Waals surface area contributed by atoms with Gasteiger partial charge in [-0.05, 0) is 113 Å². The molecular formula is C25H38O3. The molecule has 2 fully saturated rings. The first kappa shape index (κ1) is 21.2. The molecule has 0 atom stereocenters. The quantitative estimate of drug-likeness (QED) is 0.493. The van der Waals surface area contributed by atoms with Gasteiger partial charge in [0.15, 0.2) is 0 Å². The molecule has 2 saturated carbocycles. The Kier molecular flexibility index (Phi) is 7.82. The number of carbonyl (C=O) groups excluding carboxylic acids is 1. The van der Waals surface area contributed by atoms with Crippen LogP contribution >= 0.6 is 0 Å². The van der Waals surface area contributed by atoms with Crippen molar-refractivity contribution in [3.05, 3.63) is 23.3 Å². The first-order valence-corrected chi connectivity index (χ1v) is 11.4. The summed E-state index contributed by atoms with van der Waals surface area (Å²) in [5.41, 5.74) is 2.40. The molecule has 3 rings (SSSR count). The Bertz CT molecular complexity index is 623. The lowest BCUT2D eigenvalue weighted by Gasteiger charge is -2.37. The van der Waals surface area contributed by atoms with Crippen LogP contribution in [0.5, 0.6) is 11.5 Å². The summed E-state index contributed by atoms with van der Waals surface area (Å²) in [5, 5.41) is 0. The lowest BCUT2D eigenvalue weighted by atomic mass is 9.69. The maximum Gasteiger partial charge on any atom is 0.123 e. The van der Waals surface area contributed by atoms with E-state index < -0.39 is 0 Å². The highest BCUT2D eigenvalue weighted by Gasteiger charge is 2.31. The zero-order valence-electron chi connectivity index (χ0n) is 18.0. The van der Waals surface area contributed by atoms with Crippen LogP contribution < -0.4 is 9.47 Å². The molecule has 3 heteroatoms. The summed E-state index contributed by atoms with van der Waals surface area (Å²) in [7, 11) is 0. The predicted molar refractivity (Wildman–Crippen MR) is 114 cm³/mol. The summed E-state index contributed by atoms with van der Waals surface area (Å²) >= 11 is 0. The fraction of sp³-hybridized carbons (Fsp3) is 0.720. The van der Waals surface area contributed by atoms with E-state index in [4.69, 9.17) is 9.47 Å². The van der Waals surface area contributed by atoms with Crippen LogP contribution in [-0.2, 0) is 4.79 Å². The Hall–Kier alpha value is -1.51. The van der Waals surface area contributed by atoms with Crippen LogP contribution in [0.25, 0.3) is 0 Å². The number of ether oxygens (including phenoxy) is 2. The second-order valence-electron chi connectivity index (χ2n) is 9.06. The van der Waals surface area contributed by atoms with Crippen LogP contribution in [0, 0.1) is 37.5 Å². The lowest BCUT2D eigenvalue weighted by molar-refractivity contribution is -0.112.